The standard InChI is InChI=1S/C16H9NO2/c18-14-7-8-19-15-6-5-13-11(16(14)15)9-10-3-1-2-4-12(10)17-13/h1-9H. The summed E-state index contributed by atoms with van der Waals surface area (Å²) in [7, 11) is 0. The number of fused-ring (bicyclic) bond motifs is 4. The Hall–Kier alpha value is -2.68. The summed E-state index contributed by atoms with van der Waals surface area (Å²) in [6.07, 6.45) is 1.42. The maximum absolute atomic E-state index is 12.0. The van der Waals surface area contributed by atoms with E-state index in [4.69, 9.17) is 4.42 Å². The van der Waals surface area contributed by atoms with Crippen LogP contribution in [0.5, 0.6) is 0 Å². The third-order valence-electron chi connectivity index (χ3n) is 3.32. The second-order valence-corrected chi connectivity index (χ2v) is 4.47. The lowest BCUT2D eigenvalue weighted by Gasteiger charge is -2.04. The highest BCUT2D eigenvalue weighted by Crippen LogP contribution is 2.25. The second-order valence-electron chi connectivity index (χ2n) is 4.47. The third-order valence-corrected chi connectivity index (χ3v) is 3.32. The Morgan fingerprint density at radius 1 is 0.947 bits per heavy atom. The zero-order chi connectivity index (χ0) is 12.8. The van der Waals surface area contributed by atoms with Gasteiger partial charge < -0.3 is 4.42 Å². The normalized spacial score (nSPS) is 11.4. The van der Waals surface area contributed by atoms with Gasteiger partial charge in [-0.2, -0.15) is 0 Å². The van der Waals surface area contributed by atoms with Crippen LogP contribution in [0.4, 0.5) is 0 Å². The van der Waals surface area contributed by atoms with Crippen molar-refractivity contribution in [3.63, 3.8) is 0 Å². The molecule has 2 heterocycles. The summed E-state index contributed by atoms with van der Waals surface area (Å²) in [5, 5.41) is 2.45. The SMILES string of the molecule is O=c1ccoc2ccc3nc4ccccc4cc3c12. The van der Waals surface area contributed by atoms with Crippen molar-refractivity contribution >= 4 is 32.8 Å². The van der Waals surface area contributed by atoms with E-state index in [2.05, 4.69) is 4.98 Å². The first-order chi connectivity index (χ1) is 9.33. The molecule has 90 valence electrons. The summed E-state index contributed by atoms with van der Waals surface area (Å²) < 4.78 is 5.38. The molecule has 2 aromatic carbocycles. The molecule has 0 N–H and O–H groups in total. The van der Waals surface area contributed by atoms with Gasteiger partial charge in [-0.25, -0.2) is 4.98 Å². The summed E-state index contributed by atoms with van der Waals surface area (Å²) >= 11 is 0. The first-order valence-corrected chi connectivity index (χ1v) is 6.03. The monoisotopic (exact) mass is 247 g/mol. The number of hydrogen-bond acceptors (Lipinski definition) is 3. The molecule has 0 aliphatic rings. The van der Waals surface area contributed by atoms with Gasteiger partial charge in [0.1, 0.15) is 5.58 Å². The smallest absolute Gasteiger partial charge is 0.193 e. The Balaban J connectivity index is 2.32. The Kier molecular flexibility index (Phi) is 1.97. The van der Waals surface area contributed by atoms with Crippen molar-refractivity contribution in [1.82, 2.24) is 4.98 Å². The Labute approximate surface area is 108 Å². The van der Waals surface area contributed by atoms with Crippen molar-refractivity contribution in [3.05, 3.63) is 65.0 Å². The molecule has 2 aromatic heterocycles. The van der Waals surface area contributed by atoms with Crippen molar-refractivity contribution in [3.8, 4) is 0 Å². The lowest BCUT2D eigenvalue weighted by atomic mass is 10.1. The first kappa shape index (κ1) is 10.3. The molecule has 0 spiro atoms. The van der Waals surface area contributed by atoms with Crippen molar-refractivity contribution in [2.45, 2.75) is 0 Å². The van der Waals surface area contributed by atoms with Crippen molar-refractivity contribution in [1.29, 1.82) is 0 Å². The molecular weight excluding hydrogens is 238 g/mol. The van der Waals surface area contributed by atoms with Crippen LogP contribution in [0.2, 0.25) is 0 Å². The summed E-state index contributed by atoms with van der Waals surface area (Å²) in [5.74, 6) is 0. The molecule has 3 nitrogen and oxygen atoms in total. The number of benzene rings is 2. The van der Waals surface area contributed by atoms with Crippen LogP contribution in [-0.4, -0.2) is 4.98 Å². The topological polar surface area (TPSA) is 43.1 Å². The number of rotatable bonds is 0. The van der Waals surface area contributed by atoms with E-state index < -0.39 is 0 Å². The highest BCUT2D eigenvalue weighted by molar-refractivity contribution is 6.07. The maximum atomic E-state index is 12.0. The number of pyridine rings is 1. The molecule has 0 atom stereocenters. The fourth-order valence-electron chi connectivity index (χ4n) is 2.43. The Morgan fingerprint density at radius 2 is 1.84 bits per heavy atom. The van der Waals surface area contributed by atoms with Gasteiger partial charge in [0.2, 0.25) is 0 Å². The van der Waals surface area contributed by atoms with Gasteiger partial charge in [-0.15, -0.1) is 0 Å². The van der Waals surface area contributed by atoms with Crippen LogP contribution in [0.15, 0.2) is 64.0 Å². The third kappa shape index (κ3) is 1.45. The van der Waals surface area contributed by atoms with Crippen LogP contribution in [0.25, 0.3) is 32.8 Å². The van der Waals surface area contributed by atoms with Gasteiger partial charge in [0, 0.05) is 16.8 Å². The summed E-state index contributed by atoms with van der Waals surface area (Å²) in [6.45, 7) is 0. The molecule has 0 amide bonds. The first-order valence-electron chi connectivity index (χ1n) is 6.03. The van der Waals surface area contributed by atoms with E-state index in [9.17, 15) is 4.79 Å². The molecule has 0 saturated carbocycles. The maximum Gasteiger partial charge on any atom is 0.193 e. The number of hydrogen-bond donors (Lipinski definition) is 0. The van der Waals surface area contributed by atoms with E-state index in [0.717, 1.165) is 21.8 Å². The van der Waals surface area contributed by atoms with Crippen LogP contribution in [0.3, 0.4) is 0 Å². The van der Waals surface area contributed by atoms with E-state index in [1.165, 1.54) is 12.3 Å². The van der Waals surface area contributed by atoms with Gasteiger partial charge in [-0.1, -0.05) is 18.2 Å². The molecule has 0 bridgehead atoms. The van der Waals surface area contributed by atoms with Gasteiger partial charge in [0.05, 0.1) is 22.7 Å². The molecule has 0 aliphatic heterocycles. The minimum Gasteiger partial charge on any atom is -0.464 e. The molecule has 0 unspecified atom stereocenters. The molecule has 0 radical (unpaired) electrons. The average molecular weight is 247 g/mol. The molecule has 4 aromatic rings. The number of para-hydroxylation sites is 1. The summed E-state index contributed by atoms with van der Waals surface area (Å²) in [5.41, 5.74) is 2.29. The molecular formula is C16H9NO2. The van der Waals surface area contributed by atoms with Crippen molar-refractivity contribution in [2.24, 2.45) is 0 Å². The van der Waals surface area contributed by atoms with E-state index in [0.29, 0.717) is 11.0 Å². The van der Waals surface area contributed by atoms with Gasteiger partial charge in [-0.05, 0) is 24.3 Å². The van der Waals surface area contributed by atoms with Crippen LogP contribution in [0.1, 0.15) is 0 Å². The average Bonchev–Trinajstić information content (AvgIpc) is 2.45. The fraction of sp³-hybridized carbons (Fsp3) is 0. The number of nitrogens with zero attached hydrogens (tertiary/aromatic N) is 1. The summed E-state index contributed by atoms with van der Waals surface area (Å²) in [4.78, 5) is 16.6. The van der Waals surface area contributed by atoms with E-state index in [1.807, 2.05) is 36.4 Å². The van der Waals surface area contributed by atoms with Gasteiger partial charge in [0.25, 0.3) is 0 Å². The van der Waals surface area contributed by atoms with Crippen LogP contribution in [-0.2, 0) is 0 Å². The highest BCUT2D eigenvalue weighted by atomic mass is 16.3. The van der Waals surface area contributed by atoms with Crippen molar-refractivity contribution in [2.75, 3.05) is 0 Å². The predicted octanol–water partition coefficient (Wildman–Crippen LogP) is 3.49. The largest absolute Gasteiger partial charge is 0.464 e. The van der Waals surface area contributed by atoms with Gasteiger partial charge >= 0.3 is 0 Å². The van der Waals surface area contributed by atoms with Crippen LogP contribution in [0, 0.1) is 0 Å². The quantitative estimate of drug-likeness (QED) is 0.353. The van der Waals surface area contributed by atoms with Gasteiger partial charge in [0.15, 0.2) is 5.43 Å². The Bertz CT molecular complexity index is 986. The van der Waals surface area contributed by atoms with Crippen LogP contribution >= 0.6 is 0 Å². The van der Waals surface area contributed by atoms with E-state index in [1.54, 1.807) is 6.07 Å². The highest BCUT2D eigenvalue weighted by Gasteiger charge is 2.07. The Morgan fingerprint density at radius 3 is 2.79 bits per heavy atom. The molecule has 3 heteroatoms. The van der Waals surface area contributed by atoms with Gasteiger partial charge in [-0.3, -0.25) is 4.79 Å². The molecule has 0 aliphatic carbocycles. The zero-order valence-electron chi connectivity index (χ0n) is 9.96. The molecule has 4 rings (SSSR count). The van der Waals surface area contributed by atoms with Crippen LogP contribution < -0.4 is 5.43 Å². The van der Waals surface area contributed by atoms with E-state index >= 15 is 0 Å². The van der Waals surface area contributed by atoms with E-state index in [-0.39, 0.29) is 5.43 Å². The minimum atomic E-state index is -0.0380. The zero-order valence-corrected chi connectivity index (χ0v) is 9.96. The lowest BCUT2D eigenvalue weighted by Crippen LogP contribution is -1.99. The summed E-state index contributed by atoms with van der Waals surface area (Å²) in [6, 6.07) is 15.0. The molecule has 19 heavy (non-hydrogen) atoms. The predicted molar refractivity (Wildman–Crippen MR) is 75.3 cm³/mol. The fourth-order valence-corrected chi connectivity index (χ4v) is 2.43. The number of aromatic nitrogens is 1. The lowest BCUT2D eigenvalue weighted by molar-refractivity contribution is 0.603. The molecule has 0 saturated heterocycles. The molecule has 0 fully saturated rings. The second kappa shape index (κ2) is 3.65. The minimum absolute atomic E-state index is 0.0380. The van der Waals surface area contributed by atoms with Crippen molar-refractivity contribution < 1.29 is 4.42 Å².